The lowest BCUT2D eigenvalue weighted by Crippen LogP contribution is -2.21. The Morgan fingerprint density at radius 3 is 2.46 bits per heavy atom. The molecule has 0 aliphatic rings. The van der Waals surface area contributed by atoms with Crippen molar-refractivity contribution in [1.82, 2.24) is 14.1 Å². The summed E-state index contributed by atoms with van der Waals surface area (Å²) in [5.74, 6) is 0.759. The molecule has 0 amide bonds. The average molecular weight is 345 g/mol. The third-order valence-electron chi connectivity index (χ3n) is 4.48. The number of rotatable bonds is 4. The first-order chi connectivity index (χ1) is 12.6. The topological polar surface area (TPSA) is 49.0 Å². The molecule has 4 aromatic rings. The quantitative estimate of drug-likeness (QED) is 0.568. The molecular weight excluding hydrogens is 326 g/mol. The summed E-state index contributed by atoms with van der Waals surface area (Å²) in [6, 6.07) is 19.4. The maximum absolute atomic E-state index is 12.7. The van der Waals surface area contributed by atoms with Crippen LogP contribution in [0.1, 0.15) is 11.1 Å². The van der Waals surface area contributed by atoms with Crippen LogP contribution in [0, 0.1) is 6.92 Å². The molecule has 0 saturated carbocycles. The molecule has 5 heteroatoms. The van der Waals surface area contributed by atoms with Crippen molar-refractivity contribution >= 4 is 11.2 Å². The molecular formula is C21H19N3O2. The Morgan fingerprint density at radius 2 is 1.73 bits per heavy atom. The zero-order valence-electron chi connectivity index (χ0n) is 14.7. The van der Waals surface area contributed by atoms with Gasteiger partial charge in [-0.1, -0.05) is 30.3 Å². The molecule has 0 bridgehead atoms. The standard InChI is InChI=1S/C21H19N3O2/c1-15-12-13-22-20-19(15)23(2)21(25)24(20)17-8-10-18(11-9-17)26-14-16-6-4-3-5-7-16/h3-13H,14H2,1-2H3. The highest BCUT2D eigenvalue weighted by Crippen LogP contribution is 2.20. The summed E-state index contributed by atoms with van der Waals surface area (Å²) in [6.45, 7) is 2.49. The lowest BCUT2D eigenvalue weighted by molar-refractivity contribution is 0.306. The van der Waals surface area contributed by atoms with E-state index in [9.17, 15) is 4.79 Å². The van der Waals surface area contributed by atoms with E-state index in [1.807, 2.05) is 67.6 Å². The number of ether oxygens (including phenoxy) is 1. The van der Waals surface area contributed by atoms with Gasteiger partial charge in [0.05, 0.1) is 11.2 Å². The van der Waals surface area contributed by atoms with Gasteiger partial charge in [-0.05, 0) is 48.4 Å². The molecule has 2 heterocycles. The molecule has 2 aromatic carbocycles. The van der Waals surface area contributed by atoms with Gasteiger partial charge in [0.25, 0.3) is 0 Å². The second kappa shape index (κ2) is 6.52. The van der Waals surface area contributed by atoms with E-state index in [0.29, 0.717) is 12.3 Å². The van der Waals surface area contributed by atoms with Crippen LogP contribution >= 0.6 is 0 Å². The molecule has 26 heavy (non-hydrogen) atoms. The van der Waals surface area contributed by atoms with E-state index in [1.165, 1.54) is 0 Å². The zero-order valence-corrected chi connectivity index (χ0v) is 14.7. The van der Waals surface area contributed by atoms with Crippen LogP contribution in [0.25, 0.3) is 16.9 Å². The fourth-order valence-electron chi connectivity index (χ4n) is 3.12. The van der Waals surface area contributed by atoms with Gasteiger partial charge in [0.15, 0.2) is 5.65 Å². The molecule has 0 radical (unpaired) electrons. The molecule has 0 atom stereocenters. The minimum atomic E-state index is -0.111. The molecule has 5 nitrogen and oxygen atoms in total. The molecule has 0 N–H and O–H groups in total. The summed E-state index contributed by atoms with van der Waals surface area (Å²) in [6.07, 6.45) is 1.73. The van der Waals surface area contributed by atoms with E-state index in [1.54, 1.807) is 22.4 Å². The van der Waals surface area contributed by atoms with Crippen LogP contribution in [-0.2, 0) is 13.7 Å². The van der Waals surface area contributed by atoms with Gasteiger partial charge in [-0.15, -0.1) is 0 Å². The smallest absolute Gasteiger partial charge is 0.334 e. The summed E-state index contributed by atoms with van der Waals surface area (Å²) < 4.78 is 9.08. The number of nitrogens with zero attached hydrogens (tertiary/aromatic N) is 3. The Labute approximate surface area is 151 Å². The van der Waals surface area contributed by atoms with Crippen molar-refractivity contribution < 1.29 is 4.74 Å². The Morgan fingerprint density at radius 1 is 1.00 bits per heavy atom. The highest BCUT2D eigenvalue weighted by atomic mass is 16.5. The van der Waals surface area contributed by atoms with Crippen LogP contribution in [0.4, 0.5) is 0 Å². The third kappa shape index (κ3) is 2.77. The van der Waals surface area contributed by atoms with E-state index >= 15 is 0 Å². The Balaban J connectivity index is 1.66. The predicted octanol–water partition coefficient (Wildman–Crippen LogP) is 3.61. The van der Waals surface area contributed by atoms with E-state index in [2.05, 4.69) is 4.98 Å². The fraction of sp³-hybridized carbons (Fsp3) is 0.143. The summed E-state index contributed by atoms with van der Waals surface area (Å²) in [7, 11) is 1.77. The minimum Gasteiger partial charge on any atom is -0.489 e. The van der Waals surface area contributed by atoms with Gasteiger partial charge in [0, 0.05) is 13.2 Å². The van der Waals surface area contributed by atoms with Crippen LogP contribution in [0.5, 0.6) is 5.75 Å². The van der Waals surface area contributed by atoms with Crippen molar-refractivity contribution in [2.24, 2.45) is 7.05 Å². The van der Waals surface area contributed by atoms with E-state index in [4.69, 9.17) is 4.74 Å². The van der Waals surface area contributed by atoms with Crippen LogP contribution in [0.15, 0.2) is 71.7 Å². The van der Waals surface area contributed by atoms with E-state index < -0.39 is 0 Å². The molecule has 0 unspecified atom stereocenters. The van der Waals surface area contributed by atoms with Gasteiger partial charge in [-0.3, -0.25) is 4.57 Å². The highest BCUT2D eigenvalue weighted by molar-refractivity contribution is 5.77. The first kappa shape index (κ1) is 16.1. The molecule has 0 saturated heterocycles. The second-order valence-corrected chi connectivity index (χ2v) is 6.25. The van der Waals surface area contributed by atoms with Crippen molar-refractivity contribution in [1.29, 1.82) is 0 Å². The largest absolute Gasteiger partial charge is 0.489 e. The van der Waals surface area contributed by atoms with E-state index in [-0.39, 0.29) is 5.69 Å². The number of imidazole rings is 1. The first-order valence-electron chi connectivity index (χ1n) is 8.45. The molecule has 0 aliphatic heterocycles. The third-order valence-corrected chi connectivity index (χ3v) is 4.48. The summed E-state index contributed by atoms with van der Waals surface area (Å²) in [5, 5.41) is 0. The SMILES string of the molecule is Cc1ccnc2c1n(C)c(=O)n2-c1ccc(OCc2ccccc2)cc1. The fourth-order valence-corrected chi connectivity index (χ4v) is 3.12. The van der Waals surface area contributed by atoms with Crippen molar-refractivity contribution in [3.8, 4) is 11.4 Å². The molecule has 0 aliphatic carbocycles. The normalized spacial score (nSPS) is 11.0. The molecule has 2 aromatic heterocycles. The maximum Gasteiger partial charge on any atom is 0.334 e. The summed E-state index contributed by atoms with van der Waals surface area (Å²) in [4.78, 5) is 17.1. The predicted molar refractivity (Wildman–Crippen MR) is 102 cm³/mol. The van der Waals surface area contributed by atoms with Crippen LogP contribution in [0.3, 0.4) is 0 Å². The van der Waals surface area contributed by atoms with Gasteiger partial charge in [0.2, 0.25) is 0 Å². The van der Waals surface area contributed by atoms with Crippen molar-refractivity contribution in [3.05, 3.63) is 88.5 Å². The Bertz CT molecular complexity index is 1110. The number of hydrogen-bond donors (Lipinski definition) is 0. The highest BCUT2D eigenvalue weighted by Gasteiger charge is 2.15. The van der Waals surface area contributed by atoms with Crippen molar-refractivity contribution in [2.45, 2.75) is 13.5 Å². The molecule has 4 rings (SSSR count). The monoisotopic (exact) mass is 345 g/mol. The van der Waals surface area contributed by atoms with Gasteiger partial charge in [-0.25, -0.2) is 14.3 Å². The van der Waals surface area contributed by atoms with Crippen molar-refractivity contribution in [3.63, 3.8) is 0 Å². The first-order valence-corrected chi connectivity index (χ1v) is 8.45. The van der Waals surface area contributed by atoms with Crippen LogP contribution in [-0.4, -0.2) is 14.1 Å². The number of aryl methyl sites for hydroxylation is 2. The lowest BCUT2D eigenvalue weighted by Gasteiger charge is -2.08. The van der Waals surface area contributed by atoms with Gasteiger partial charge < -0.3 is 4.74 Å². The number of benzene rings is 2. The Hall–Kier alpha value is -3.34. The summed E-state index contributed by atoms with van der Waals surface area (Å²) >= 11 is 0. The zero-order chi connectivity index (χ0) is 18.1. The number of pyridine rings is 1. The second-order valence-electron chi connectivity index (χ2n) is 6.25. The van der Waals surface area contributed by atoms with Gasteiger partial charge in [0.1, 0.15) is 12.4 Å². The average Bonchev–Trinajstić information content (AvgIpc) is 2.93. The minimum absolute atomic E-state index is 0.111. The van der Waals surface area contributed by atoms with E-state index in [0.717, 1.165) is 28.1 Å². The maximum atomic E-state index is 12.7. The molecule has 0 spiro atoms. The number of aromatic nitrogens is 3. The molecule has 0 fully saturated rings. The number of fused-ring (bicyclic) bond motifs is 1. The Kier molecular flexibility index (Phi) is 4.05. The van der Waals surface area contributed by atoms with Crippen molar-refractivity contribution in [2.75, 3.05) is 0 Å². The lowest BCUT2D eigenvalue weighted by atomic mass is 10.2. The van der Waals surface area contributed by atoms with Gasteiger partial charge in [-0.2, -0.15) is 0 Å². The summed E-state index contributed by atoms with van der Waals surface area (Å²) in [5.41, 5.74) is 4.31. The number of hydrogen-bond acceptors (Lipinski definition) is 3. The van der Waals surface area contributed by atoms with Crippen LogP contribution in [0.2, 0.25) is 0 Å². The molecule has 130 valence electrons. The van der Waals surface area contributed by atoms with Gasteiger partial charge >= 0.3 is 5.69 Å². The van der Waals surface area contributed by atoms with Crippen LogP contribution < -0.4 is 10.4 Å².